The quantitative estimate of drug-likeness (QED) is 0.519. The molecule has 7 rings (SSSR count). The minimum Gasteiger partial charge on any atom is -0.378 e. The Morgan fingerprint density at radius 3 is 2.25 bits per heavy atom. The van der Waals surface area contributed by atoms with E-state index in [0.717, 1.165) is 27.6 Å². The first-order chi connectivity index (χ1) is 17.3. The molecular formula is C28H27N3O3S2. The van der Waals surface area contributed by atoms with Gasteiger partial charge in [-0.15, -0.1) is 11.8 Å². The van der Waals surface area contributed by atoms with E-state index in [4.69, 9.17) is 0 Å². The summed E-state index contributed by atoms with van der Waals surface area (Å²) in [5.41, 5.74) is 4.09. The van der Waals surface area contributed by atoms with E-state index >= 15 is 0 Å². The first-order valence-electron chi connectivity index (χ1n) is 12.4. The Kier molecular flexibility index (Phi) is 4.86. The van der Waals surface area contributed by atoms with E-state index in [2.05, 4.69) is 34.1 Å². The first-order valence-corrected chi connectivity index (χ1v) is 14.1. The molecule has 4 aliphatic rings. The molecule has 2 aliphatic heterocycles. The number of aryl methyl sites for hydroxylation is 1. The van der Waals surface area contributed by atoms with Crippen LogP contribution in [0.25, 0.3) is 0 Å². The number of hydrogen-bond donors (Lipinski definition) is 1. The minimum atomic E-state index is -0.272. The van der Waals surface area contributed by atoms with E-state index in [-0.39, 0.29) is 57.4 Å². The molecule has 1 N–H and O–H groups in total. The summed E-state index contributed by atoms with van der Waals surface area (Å²) < 4.78 is 0. The number of fused-ring (bicyclic) bond motifs is 9. The van der Waals surface area contributed by atoms with Crippen LogP contribution >= 0.6 is 23.1 Å². The summed E-state index contributed by atoms with van der Waals surface area (Å²) in [5, 5.41) is 1.16. The standard InChI is InChI=1S/C28H27N3O3S2/c1-13-4-8-16(9-5-13)31-26(32)21-17-12-18(22(21)27(31)33)23-20(17)19(24-25(35-23)29-28(34)36-24)14-6-10-15(11-7-14)30(2)3/h4-11,17-23H,12H2,1-3H3,(H,29,34)/t17-,18-,19-,20+,21+,22-,23-/m1/s1. The molecule has 1 aromatic heterocycles. The average Bonchev–Trinajstić information content (AvgIpc) is 3.59. The van der Waals surface area contributed by atoms with Crippen LogP contribution in [0.1, 0.15) is 28.3 Å². The third-order valence-corrected chi connectivity index (χ3v) is 11.4. The third-order valence-electron chi connectivity index (χ3n) is 8.78. The molecule has 2 bridgehead atoms. The molecule has 0 unspecified atom stereocenters. The molecule has 0 radical (unpaired) electrons. The van der Waals surface area contributed by atoms with Crippen LogP contribution in [0.15, 0.2) is 58.4 Å². The average molecular weight is 518 g/mol. The molecule has 2 aliphatic carbocycles. The fourth-order valence-corrected chi connectivity index (χ4v) is 10.2. The van der Waals surface area contributed by atoms with Crippen molar-refractivity contribution in [3.8, 4) is 0 Å². The van der Waals surface area contributed by atoms with E-state index in [1.165, 1.54) is 21.8 Å². The number of aromatic amines is 1. The number of nitrogens with zero attached hydrogens (tertiary/aromatic N) is 2. The fourth-order valence-electron chi connectivity index (χ4n) is 7.32. The second-order valence-corrected chi connectivity index (χ2v) is 13.0. The number of benzene rings is 2. The Morgan fingerprint density at radius 1 is 0.917 bits per heavy atom. The fraction of sp³-hybridized carbons (Fsp3) is 0.393. The highest BCUT2D eigenvalue weighted by Crippen LogP contribution is 2.68. The number of imide groups is 1. The van der Waals surface area contributed by atoms with Crippen LogP contribution in [0.4, 0.5) is 11.4 Å². The Bertz CT molecular complexity index is 1440. The van der Waals surface area contributed by atoms with Crippen molar-refractivity contribution in [2.75, 3.05) is 23.9 Å². The molecule has 6 nitrogen and oxygen atoms in total. The molecule has 0 spiro atoms. The zero-order chi connectivity index (χ0) is 24.9. The van der Waals surface area contributed by atoms with Crippen LogP contribution in [-0.2, 0) is 9.59 Å². The number of aromatic nitrogens is 1. The number of hydrogen-bond acceptors (Lipinski definition) is 6. The van der Waals surface area contributed by atoms with E-state index < -0.39 is 0 Å². The zero-order valence-electron chi connectivity index (χ0n) is 20.3. The van der Waals surface area contributed by atoms with Crippen molar-refractivity contribution in [3.05, 3.63) is 74.2 Å². The zero-order valence-corrected chi connectivity index (χ0v) is 21.9. The lowest BCUT2D eigenvalue weighted by atomic mass is 9.68. The molecule has 36 heavy (non-hydrogen) atoms. The van der Waals surface area contributed by atoms with Gasteiger partial charge >= 0.3 is 4.87 Å². The number of rotatable bonds is 3. The summed E-state index contributed by atoms with van der Waals surface area (Å²) >= 11 is 3.03. The van der Waals surface area contributed by atoms with Crippen molar-refractivity contribution in [2.24, 2.45) is 29.6 Å². The second kappa shape index (κ2) is 7.83. The number of carbonyl (C=O) groups is 2. The van der Waals surface area contributed by atoms with Crippen molar-refractivity contribution in [3.63, 3.8) is 0 Å². The SMILES string of the molecule is Cc1ccc(N2C(=O)[C@@H]3[C@H]4C[C@@H]([C@@H]3C2=O)[C@H]2[C@@H](c3ccc(N(C)C)cc3)c3sc(=O)[nH]c3S[C@H]42)cc1. The van der Waals surface area contributed by atoms with Crippen LogP contribution in [-0.4, -0.2) is 36.1 Å². The van der Waals surface area contributed by atoms with Gasteiger partial charge < -0.3 is 9.88 Å². The first kappa shape index (κ1) is 22.4. The summed E-state index contributed by atoms with van der Waals surface area (Å²) in [4.78, 5) is 47.6. The lowest BCUT2D eigenvalue weighted by Gasteiger charge is -2.43. The Hall–Kier alpha value is -2.84. The summed E-state index contributed by atoms with van der Waals surface area (Å²) in [6.45, 7) is 2.00. The van der Waals surface area contributed by atoms with E-state index in [1.54, 1.807) is 11.8 Å². The molecule has 1 saturated heterocycles. The molecule has 3 heterocycles. The molecule has 184 valence electrons. The van der Waals surface area contributed by atoms with Crippen molar-refractivity contribution >= 4 is 46.3 Å². The number of thiazole rings is 1. The normalized spacial score (nSPS) is 32.0. The maximum Gasteiger partial charge on any atom is 0.305 e. The van der Waals surface area contributed by atoms with Gasteiger partial charge in [0, 0.05) is 35.8 Å². The lowest BCUT2D eigenvalue weighted by Crippen LogP contribution is -2.42. The predicted octanol–water partition coefficient (Wildman–Crippen LogP) is 4.49. The Morgan fingerprint density at radius 2 is 1.58 bits per heavy atom. The molecule has 3 fully saturated rings. The van der Waals surface area contributed by atoms with Gasteiger partial charge in [0.05, 0.1) is 22.5 Å². The van der Waals surface area contributed by atoms with Crippen LogP contribution in [0, 0.1) is 36.5 Å². The Balaban J connectivity index is 1.31. The number of thioether (sulfide) groups is 1. The lowest BCUT2D eigenvalue weighted by molar-refractivity contribution is -0.123. The highest BCUT2D eigenvalue weighted by atomic mass is 32.2. The summed E-state index contributed by atoms with van der Waals surface area (Å²) in [6, 6.07) is 16.3. The third kappa shape index (κ3) is 3.00. The smallest absolute Gasteiger partial charge is 0.305 e. The van der Waals surface area contributed by atoms with Crippen molar-refractivity contribution in [1.82, 2.24) is 4.98 Å². The monoisotopic (exact) mass is 517 g/mol. The van der Waals surface area contributed by atoms with Gasteiger partial charge in [-0.1, -0.05) is 41.2 Å². The maximum absolute atomic E-state index is 13.8. The van der Waals surface area contributed by atoms with Crippen molar-refractivity contribution in [1.29, 1.82) is 0 Å². The van der Waals surface area contributed by atoms with Gasteiger partial charge in [-0.25, -0.2) is 0 Å². The molecule has 2 amide bonds. The van der Waals surface area contributed by atoms with Crippen LogP contribution in [0.5, 0.6) is 0 Å². The molecule has 2 saturated carbocycles. The molecule has 7 atom stereocenters. The summed E-state index contributed by atoms with van der Waals surface area (Å²) in [5.74, 6) is -0.0711. The molecule has 8 heteroatoms. The second-order valence-electron chi connectivity index (χ2n) is 10.8. The highest BCUT2D eigenvalue weighted by molar-refractivity contribution is 8.00. The van der Waals surface area contributed by atoms with Crippen molar-refractivity contribution in [2.45, 2.75) is 29.5 Å². The van der Waals surface area contributed by atoms with E-state index in [0.29, 0.717) is 5.69 Å². The molecular weight excluding hydrogens is 490 g/mol. The van der Waals surface area contributed by atoms with Gasteiger partial charge in [-0.3, -0.25) is 19.3 Å². The minimum absolute atomic E-state index is 0.0346. The predicted molar refractivity (Wildman–Crippen MR) is 143 cm³/mol. The van der Waals surface area contributed by atoms with Crippen LogP contribution in [0.2, 0.25) is 0 Å². The largest absolute Gasteiger partial charge is 0.378 e. The van der Waals surface area contributed by atoms with Gasteiger partial charge in [0.15, 0.2) is 0 Å². The molecule has 3 aromatic rings. The van der Waals surface area contributed by atoms with Crippen LogP contribution in [0.3, 0.4) is 0 Å². The van der Waals surface area contributed by atoms with Gasteiger partial charge in [0.25, 0.3) is 0 Å². The van der Waals surface area contributed by atoms with Gasteiger partial charge in [0.2, 0.25) is 11.8 Å². The van der Waals surface area contributed by atoms with E-state index in [1.807, 2.05) is 45.3 Å². The topological polar surface area (TPSA) is 73.5 Å². The molecule has 2 aromatic carbocycles. The summed E-state index contributed by atoms with van der Waals surface area (Å²) in [7, 11) is 4.05. The van der Waals surface area contributed by atoms with Gasteiger partial charge in [-0.05, 0) is 60.9 Å². The van der Waals surface area contributed by atoms with E-state index in [9.17, 15) is 14.4 Å². The number of nitrogens with one attached hydrogen (secondary N) is 1. The number of carbonyl (C=O) groups excluding carboxylic acids is 2. The maximum atomic E-state index is 13.8. The Labute approximate surface area is 217 Å². The van der Waals surface area contributed by atoms with Gasteiger partial charge in [0.1, 0.15) is 0 Å². The summed E-state index contributed by atoms with van der Waals surface area (Å²) in [6.07, 6.45) is 0.905. The number of H-pyrrole nitrogens is 1. The highest BCUT2D eigenvalue weighted by Gasteiger charge is 2.69. The van der Waals surface area contributed by atoms with Crippen LogP contribution < -0.4 is 14.7 Å². The van der Waals surface area contributed by atoms with Gasteiger partial charge in [-0.2, -0.15) is 0 Å². The van der Waals surface area contributed by atoms with Crippen molar-refractivity contribution < 1.29 is 9.59 Å². The number of anilines is 2. The number of amides is 2.